The third-order valence-electron chi connectivity index (χ3n) is 4.10. The highest BCUT2D eigenvalue weighted by atomic mass is 32.2. The normalized spacial score (nSPS) is 20.7. The van der Waals surface area contributed by atoms with Crippen LogP contribution < -0.4 is 10.6 Å². The van der Waals surface area contributed by atoms with Crippen molar-refractivity contribution in [2.24, 2.45) is 0 Å². The third kappa shape index (κ3) is 5.70. The van der Waals surface area contributed by atoms with Gasteiger partial charge in [0.1, 0.15) is 5.82 Å². The molecule has 1 saturated carbocycles. The highest BCUT2D eigenvalue weighted by Gasteiger charge is 2.24. The van der Waals surface area contributed by atoms with Crippen LogP contribution in [0.3, 0.4) is 0 Å². The Labute approximate surface area is 142 Å². The lowest BCUT2D eigenvalue weighted by Gasteiger charge is -2.15. The summed E-state index contributed by atoms with van der Waals surface area (Å²) in [4.78, 5) is 13.9. The second-order valence-electron chi connectivity index (χ2n) is 6.36. The largest absolute Gasteiger partial charge is 0.335 e. The van der Waals surface area contributed by atoms with Crippen LogP contribution >= 0.6 is 11.8 Å². The zero-order chi connectivity index (χ0) is 16.8. The third-order valence-corrected chi connectivity index (χ3v) is 5.20. The van der Waals surface area contributed by atoms with E-state index in [1.165, 1.54) is 6.07 Å². The standard InChI is InChI=1S/C17H26FN3OS/c1-21(2)11-13-8-12(4-7-16(13)18)10-19-17(22)20-14-5-6-15(9-14)23-3/h4,7-8,14-15H,5-6,9-11H2,1-3H3,(H2,19,20,22). The Morgan fingerprint density at radius 3 is 2.83 bits per heavy atom. The van der Waals surface area contributed by atoms with Gasteiger partial charge in [0.15, 0.2) is 0 Å². The van der Waals surface area contributed by atoms with Crippen LogP contribution in [0.5, 0.6) is 0 Å². The maximum Gasteiger partial charge on any atom is 0.315 e. The molecule has 1 fully saturated rings. The summed E-state index contributed by atoms with van der Waals surface area (Å²) in [7, 11) is 3.81. The summed E-state index contributed by atoms with van der Waals surface area (Å²) in [5.74, 6) is -0.207. The zero-order valence-corrected chi connectivity index (χ0v) is 14.9. The van der Waals surface area contributed by atoms with E-state index >= 15 is 0 Å². The van der Waals surface area contributed by atoms with E-state index < -0.39 is 0 Å². The molecular formula is C17H26FN3OS. The van der Waals surface area contributed by atoms with Gasteiger partial charge in [0.05, 0.1) is 0 Å². The maximum absolute atomic E-state index is 13.7. The molecule has 23 heavy (non-hydrogen) atoms. The van der Waals surface area contributed by atoms with Crippen LogP contribution in [0.15, 0.2) is 18.2 Å². The number of hydrogen-bond donors (Lipinski definition) is 2. The number of thioether (sulfide) groups is 1. The number of hydrogen-bond acceptors (Lipinski definition) is 3. The van der Waals surface area contributed by atoms with Gasteiger partial charge in [-0.1, -0.05) is 6.07 Å². The van der Waals surface area contributed by atoms with Gasteiger partial charge in [0.25, 0.3) is 0 Å². The molecule has 1 aliphatic carbocycles. The van der Waals surface area contributed by atoms with Crippen LogP contribution in [0.1, 0.15) is 30.4 Å². The fourth-order valence-electron chi connectivity index (χ4n) is 2.90. The Bertz CT molecular complexity index is 539. The summed E-state index contributed by atoms with van der Waals surface area (Å²) in [6.45, 7) is 0.954. The number of rotatable bonds is 6. The van der Waals surface area contributed by atoms with Crippen LogP contribution in [0.25, 0.3) is 0 Å². The number of halogens is 1. The molecule has 4 nitrogen and oxygen atoms in total. The quantitative estimate of drug-likeness (QED) is 0.837. The van der Waals surface area contributed by atoms with Gasteiger partial charge < -0.3 is 15.5 Å². The predicted octanol–water partition coefficient (Wildman–Crippen LogP) is 2.97. The average molecular weight is 339 g/mol. The van der Waals surface area contributed by atoms with Gasteiger partial charge in [0, 0.05) is 29.9 Å². The van der Waals surface area contributed by atoms with Gasteiger partial charge in [0.2, 0.25) is 0 Å². The number of amides is 2. The van der Waals surface area contributed by atoms with Crippen molar-refractivity contribution in [3.05, 3.63) is 35.1 Å². The minimum Gasteiger partial charge on any atom is -0.335 e. The van der Waals surface area contributed by atoms with Gasteiger partial charge in [-0.15, -0.1) is 0 Å². The molecule has 2 rings (SSSR count). The van der Waals surface area contributed by atoms with Gasteiger partial charge in [-0.05, 0) is 57.3 Å². The van der Waals surface area contributed by atoms with Crippen molar-refractivity contribution in [3.63, 3.8) is 0 Å². The number of urea groups is 1. The Morgan fingerprint density at radius 2 is 2.17 bits per heavy atom. The lowest BCUT2D eigenvalue weighted by atomic mass is 10.1. The van der Waals surface area contributed by atoms with E-state index in [1.807, 2.05) is 36.8 Å². The summed E-state index contributed by atoms with van der Waals surface area (Å²) in [6.07, 6.45) is 5.37. The van der Waals surface area contributed by atoms with E-state index in [-0.39, 0.29) is 17.9 Å². The number of nitrogens with one attached hydrogen (secondary N) is 2. The number of benzene rings is 1. The molecule has 6 heteroatoms. The first-order valence-corrected chi connectivity index (χ1v) is 9.26. The van der Waals surface area contributed by atoms with Crippen LogP contribution in [0, 0.1) is 5.82 Å². The molecule has 0 aromatic heterocycles. The second-order valence-corrected chi connectivity index (χ2v) is 7.50. The molecule has 2 atom stereocenters. The van der Waals surface area contributed by atoms with Crippen LogP contribution in [-0.2, 0) is 13.1 Å². The monoisotopic (exact) mass is 339 g/mol. The summed E-state index contributed by atoms with van der Waals surface area (Å²) in [5, 5.41) is 6.55. The summed E-state index contributed by atoms with van der Waals surface area (Å²) in [6, 6.07) is 5.12. The van der Waals surface area contributed by atoms with Gasteiger partial charge in [-0.2, -0.15) is 11.8 Å². The van der Waals surface area contributed by atoms with Crippen molar-refractivity contribution in [2.75, 3.05) is 20.4 Å². The van der Waals surface area contributed by atoms with E-state index in [4.69, 9.17) is 0 Å². The average Bonchev–Trinajstić information content (AvgIpc) is 2.95. The molecule has 128 valence electrons. The first-order valence-electron chi connectivity index (χ1n) is 7.97. The molecule has 1 aliphatic rings. The van der Waals surface area contributed by atoms with Crippen molar-refractivity contribution in [2.45, 2.75) is 43.6 Å². The molecule has 0 bridgehead atoms. The van der Waals surface area contributed by atoms with Crippen molar-refractivity contribution in [1.29, 1.82) is 0 Å². The van der Waals surface area contributed by atoms with Crippen LogP contribution in [0.4, 0.5) is 9.18 Å². The van der Waals surface area contributed by atoms with E-state index in [2.05, 4.69) is 16.9 Å². The minimum absolute atomic E-state index is 0.143. The fourth-order valence-corrected chi connectivity index (χ4v) is 3.70. The van der Waals surface area contributed by atoms with E-state index in [9.17, 15) is 9.18 Å². The molecule has 1 aromatic rings. The Kier molecular flexibility index (Phi) is 6.72. The highest BCUT2D eigenvalue weighted by molar-refractivity contribution is 7.99. The Balaban J connectivity index is 1.82. The van der Waals surface area contributed by atoms with E-state index in [0.29, 0.717) is 23.9 Å². The van der Waals surface area contributed by atoms with Crippen molar-refractivity contribution in [3.8, 4) is 0 Å². The topological polar surface area (TPSA) is 44.4 Å². The van der Waals surface area contributed by atoms with E-state index in [1.54, 1.807) is 6.07 Å². The van der Waals surface area contributed by atoms with Crippen molar-refractivity contribution in [1.82, 2.24) is 15.5 Å². The lowest BCUT2D eigenvalue weighted by Crippen LogP contribution is -2.40. The smallest absolute Gasteiger partial charge is 0.315 e. The predicted molar refractivity (Wildman–Crippen MR) is 94.1 cm³/mol. The molecule has 0 spiro atoms. The summed E-state index contributed by atoms with van der Waals surface area (Å²) in [5.41, 5.74) is 1.56. The molecule has 2 N–H and O–H groups in total. The molecule has 0 radical (unpaired) electrons. The first-order chi connectivity index (χ1) is 11.0. The Morgan fingerprint density at radius 1 is 1.39 bits per heavy atom. The second kappa shape index (κ2) is 8.55. The van der Waals surface area contributed by atoms with Gasteiger partial charge in [-0.3, -0.25) is 0 Å². The molecule has 0 aliphatic heterocycles. The maximum atomic E-state index is 13.7. The molecular weight excluding hydrogens is 313 g/mol. The molecule has 1 aromatic carbocycles. The Hall–Kier alpha value is -1.27. The highest BCUT2D eigenvalue weighted by Crippen LogP contribution is 2.28. The summed E-state index contributed by atoms with van der Waals surface area (Å²) < 4.78 is 13.7. The molecule has 0 saturated heterocycles. The molecule has 2 unspecified atom stereocenters. The van der Waals surface area contributed by atoms with Crippen molar-refractivity contribution < 1.29 is 9.18 Å². The number of carbonyl (C=O) groups is 1. The molecule has 0 heterocycles. The lowest BCUT2D eigenvalue weighted by molar-refractivity contribution is 0.236. The minimum atomic E-state index is -0.207. The fraction of sp³-hybridized carbons (Fsp3) is 0.588. The van der Waals surface area contributed by atoms with Gasteiger partial charge in [-0.25, -0.2) is 9.18 Å². The zero-order valence-electron chi connectivity index (χ0n) is 14.1. The summed E-state index contributed by atoms with van der Waals surface area (Å²) >= 11 is 1.87. The first kappa shape index (κ1) is 18.1. The van der Waals surface area contributed by atoms with Crippen molar-refractivity contribution >= 4 is 17.8 Å². The van der Waals surface area contributed by atoms with Crippen LogP contribution in [0.2, 0.25) is 0 Å². The number of carbonyl (C=O) groups excluding carboxylic acids is 1. The molecule has 2 amide bonds. The van der Waals surface area contributed by atoms with Crippen LogP contribution in [-0.4, -0.2) is 42.6 Å². The SMILES string of the molecule is CSC1CCC(NC(=O)NCc2ccc(F)c(CN(C)C)c2)C1. The number of nitrogens with zero attached hydrogens (tertiary/aromatic N) is 1. The van der Waals surface area contributed by atoms with E-state index in [0.717, 1.165) is 24.8 Å². The van der Waals surface area contributed by atoms with Gasteiger partial charge >= 0.3 is 6.03 Å².